The summed E-state index contributed by atoms with van der Waals surface area (Å²) in [5, 5.41) is 4.01. The van der Waals surface area contributed by atoms with Crippen LogP contribution in [0.4, 0.5) is 10.1 Å². The maximum Gasteiger partial charge on any atom is 0.248 e. The van der Waals surface area contributed by atoms with Gasteiger partial charge >= 0.3 is 0 Å². The molecule has 4 nitrogen and oxygen atoms in total. The van der Waals surface area contributed by atoms with E-state index in [0.29, 0.717) is 6.54 Å². The standard InChI is InChI=1S/C15H18FN3OS/c1-15(2,3)14-19-8-10(21-14)7-18-12-6-9(13(17)20)4-5-11(12)16/h4-6,8,18H,7H2,1-3H3,(H2,17,20). The van der Waals surface area contributed by atoms with E-state index in [1.807, 2.05) is 0 Å². The monoisotopic (exact) mass is 307 g/mol. The lowest BCUT2D eigenvalue weighted by molar-refractivity contribution is 0.100. The molecule has 0 bridgehead atoms. The zero-order valence-electron chi connectivity index (χ0n) is 12.2. The number of hydrogen-bond acceptors (Lipinski definition) is 4. The van der Waals surface area contributed by atoms with Gasteiger partial charge < -0.3 is 11.1 Å². The van der Waals surface area contributed by atoms with Crippen LogP contribution in [-0.2, 0) is 12.0 Å². The van der Waals surface area contributed by atoms with Crippen molar-refractivity contribution in [1.29, 1.82) is 0 Å². The number of rotatable bonds is 4. The van der Waals surface area contributed by atoms with Crippen LogP contribution < -0.4 is 11.1 Å². The van der Waals surface area contributed by atoms with Crippen molar-refractivity contribution in [3.05, 3.63) is 45.7 Å². The van der Waals surface area contributed by atoms with Gasteiger partial charge in [0, 0.05) is 22.1 Å². The molecule has 6 heteroatoms. The Morgan fingerprint density at radius 3 is 2.71 bits per heavy atom. The highest BCUT2D eigenvalue weighted by Gasteiger charge is 2.18. The lowest BCUT2D eigenvalue weighted by Gasteiger charge is -2.13. The van der Waals surface area contributed by atoms with Gasteiger partial charge in [0.25, 0.3) is 0 Å². The van der Waals surface area contributed by atoms with Crippen molar-refractivity contribution in [2.45, 2.75) is 32.7 Å². The van der Waals surface area contributed by atoms with E-state index in [9.17, 15) is 9.18 Å². The van der Waals surface area contributed by atoms with E-state index in [1.165, 1.54) is 18.2 Å². The molecule has 2 rings (SSSR count). The van der Waals surface area contributed by atoms with Crippen LogP contribution in [0.15, 0.2) is 24.4 Å². The van der Waals surface area contributed by atoms with Gasteiger partial charge in [0.1, 0.15) is 5.82 Å². The average molecular weight is 307 g/mol. The van der Waals surface area contributed by atoms with E-state index < -0.39 is 11.7 Å². The number of nitrogens with one attached hydrogen (secondary N) is 1. The first-order valence-corrected chi connectivity index (χ1v) is 7.37. The molecule has 0 spiro atoms. The number of nitrogens with zero attached hydrogens (tertiary/aromatic N) is 1. The summed E-state index contributed by atoms with van der Waals surface area (Å²) in [5.74, 6) is -0.994. The van der Waals surface area contributed by atoms with Crippen LogP contribution in [0.3, 0.4) is 0 Å². The fraction of sp³-hybridized carbons (Fsp3) is 0.333. The van der Waals surface area contributed by atoms with Gasteiger partial charge in [-0.1, -0.05) is 20.8 Å². The van der Waals surface area contributed by atoms with Gasteiger partial charge in [-0.25, -0.2) is 9.37 Å². The van der Waals surface area contributed by atoms with Crippen molar-refractivity contribution in [3.8, 4) is 0 Å². The number of benzene rings is 1. The van der Waals surface area contributed by atoms with Gasteiger partial charge in [-0.2, -0.15) is 0 Å². The Kier molecular flexibility index (Phi) is 4.27. The first-order chi connectivity index (χ1) is 9.77. The third-order valence-corrected chi connectivity index (χ3v) is 4.32. The van der Waals surface area contributed by atoms with E-state index in [4.69, 9.17) is 5.73 Å². The number of aromatic nitrogens is 1. The van der Waals surface area contributed by atoms with Crippen molar-refractivity contribution >= 4 is 22.9 Å². The van der Waals surface area contributed by atoms with Gasteiger partial charge in [0.05, 0.1) is 17.2 Å². The maximum atomic E-state index is 13.7. The molecule has 21 heavy (non-hydrogen) atoms. The summed E-state index contributed by atoms with van der Waals surface area (Å²) in [6.07, 6.45) is 1.79. The number of primary amides is 1. The fourth-order valence-corrected chi connectivity index (χ4v) is 2.64. The molecule has 0 atom stereocenters. The third-order valence-electron chi connectivity index (χ3n) is 2.90. The average Bonchev–Trinajstić information content (AvgIpc) is 2.86. The van der Waals surface area contributed by atoms with E-state index in [2.05, 4.69) is 31.1 Å². The third kappa shape index (κ3) is 3.78. The molecule has 0 unspecified atom stereocenters. The molecule has 1 heterocycles. The summed E-state index contributed by atoms with van der Waals surface area (Å²) in [7, 11) is 0. The molecule has 112 valence electrons. The summed E-state index contributed by atoms with van der Waals surface area (Å²) in [5.41, 5.74) is 5.73. The predicted molar refractivity (Wildman–Crippen MR) is 83.1 cm³/mol. The van der Waals surface area contributed by atoms with Crippen LogP contribution in [-0.4, -0.2) is 10.9 Å². The first kappa shape index (κ1) is 15.4. The van der Waals surface area contributed by atoms with Crippen molar-refractivity contribution in [3.63, 3.8) is 0 Å². The van der Waals surface area contributed by atoms with Crippen molar-refractivity contribution in [1.82, 2.24) is 4.98 Å². The molecule has 0 aliphatic carbocycles. The molecule has 0 saturated carbocycles. The second-order valence-corrected chi connectivity index (χ2v) is 6.91. The van der Waals surface area contributed by atoms with Gasteiger partial charge in [-0.15, -0.1) is 11.3 Å². The Morgan fingerprint density at radius 2 is 2.14 bits per heavy atom. The number of hydrogen-bond donors (Lipinski definition) is 2. The molecule has 3 N–H and O–H groups in total. The number of halogens is 1. The zero-order valence-corrected chi connectivity index (χ0v) is 13.1. The molecular weight excluding hydrogens is 289 g/mol. The molecule has 1 aromatic carbocycles. The summed E-state index contributed by atoms with van der Waals surface area (Å²) in [6, 6.07) is 4.02. The summed E-state index contributed by atoms with van der Waals surface area (Å²) >= 11 is 1.59. The summed E-state index contributed by atoms with van der Waals surface area (Å²) < 4.78 is 13.7. The Labute approximate surface area is 127 Å². The van der Waals surface area contributed by atoms with Crippen molar-refractivity contribution in [2.24, 2.45) is 5.73 Å². The predicted octanol–water partition coefficient (Wildman–Crippen LogP) is 3.29. The highest BCUT2D eigenvalue weighted by molar-refractivity contribution is 7.11. The number of thiazole rings is 1. The Bertz CT molecular complexity index is 661. The molecule has 0 aliphatic rings. The Balaban J connectivity index is 2.11. The molecule has 1 aromatic heterocycles. The minimum absolute atomic E-state index is 0.0000514. The quantitative estimate of drug-likeness (QED) is 0.910. The summed E-state index contributed by atoms with van der Waals surface area (Å²) in [4.78, 5) is 16.5. The minimum Gasteiger partial charge on any atom is -0.378 e. The molecular formula is C15H18FN3OS. The van der Waals surface area contributed by atoms with Crippen LogP contribution in [0.2, 0.25) is 0 Å². The largest absolute Gasteiger partial charge is 0.378 e. The first-order valence-electron chi connectivity index (χ1n) is 6.56. The van der Waals surface area contributed by atoms with E-state index in [1.54, 1.807) is 17.5 Å². The highest BCUT2D eigenvalue weighted by atomic mass is 32.1. The maximum absolute atomic E-state index is 13.7. The number of nitrogens with two attached hydrogens (primary N) is 1. The fourth-order valence-electron chi connectivity index (χ4n) is 1.73. The van der Waals surface area contributed by atoms with Crippen LogP contribution in [0.1, 0.15) is 41.0 Å². The van der Waals surface area contributed by atoms with Crippen molar-refractivity contribution in [2.75, 3.05) is 5.32 Å². The number of amides is 1. The normalized spacial score (nSPS) is 11.4. The van der Waals surface area contributed by atoms with Crippen molar-refractivity contribution < 1.29 is 9.18 Å². The lowest BCUT2D eigenvalue weighted by Crippen LogP contribution is -2.12. The number of carbonyl (C=O) groups excluding carboxylic acids is 1. The van der Waals surface area contributed by atoms with Gasteiger partial charge in [0.15, 0.2) is 0 Å². The molecule has 1 amide bonds. The van der Waals surface area contributed by atoms with E-state index in [-0.39, 0.29) is 16.7 Å². The molecule has 0 fully saturated rings. The topological polar surface area (TPSA) is 68.0 Å². The zero-order chi connectivity index (χ0) is 15.6. The van der Waals surface area contributed by atoms with Gasteiger partial charge in [-0.3, -0.25) is 4.79 Å². The number of carbonyl (C=O) groups is 1. The van der Waals surface area contributed by atoms with Gasteiger partial charge in [-0.05, 0) is 18.2 Å². The smallest absolute Gasteiger partial charge is 0.248 e. The highest BCUT2D eigenvalue weighted by Crippen LogP contribution is 2.27. The lowest BCUT2D eigenvalue weighted by atomic mass is 9.98. The van der Waals surface area contributed by atoms with Crippen LogP contribution in [0.5, 0.6) is 0 Å². The van der Waals surface area contributed by atoms with Crippen LogP contribution >= 0.6 is 11.3 Å². The molecule has 0 aliphatic heterocycles. The Morgan fingerprint density at radius 1 is 1.43 bits per heavy atom. The summed E-state index contributed by atoms with van der Waals surface area (Å²) in [6.45, 7) is 6.74. The second kappa shape index (κ2) is 5.81. The van der Waals surface area contributed by atoms with E-state index >= 15 is 0 Å². The van der Waals surface area contributed by atoms with Gasteiger partial charge in [0.2, 0.25) is 5.91 Å². The molecule has 0 radical (unpaired) electrons. The second-order valence-electron chi connectivity index (χ2n) is 5.79. The molecule has 0 saturated heterocycles. The van der Waals surface area contributed by atoms with E-state index in [0.717, 1.165) is 9.88 Å². The van der Waals surface area contributed by atoms with Crippen LogP contribution in [0.25, 0.3) is 0 Å². The minimum atomic E-state index is -0.578. The Hall–Kier alpha value is -1.95. The molecule has 2 aromatic rings. The SMILES string of the molecule is CC(C)(C)c1ncc(CNc2cc(C(N)=O)ccc2F)s1. The number of anilines is 1. The van der Waals surface area contributed by atoms with Crippen LogP contribution in [0, 0.1) is 5.82 Å².